The SMILES string of the molecule is O=C(Nc1cnc2nc[nH]c2c1)C1CCC1. The van der Waals surface area contributed by atoms with Gasteiger partial charge in [-0.2, -0.15) is 0 Å². The lowest BCUT2D eigenvalue weighted by Crippen LogP contribution is -2.28. The first-order chi connectivity index (χ1) is 7.83. The van der Waals surface area contributed by atoms with Gasteiger partial charge in [0.15, 0.2) is 5.65 Å². The van der Waals surface area contributed by atoms with Gasteiger partial charge in [0.25, 0.3) is 0 Å². The monoisotopic (exact) mass is 216 g/mol. The second-order valence-electron chi connectivity index (χ2n) is 4.11. The Labute approximate surface area is 92.3 Å². The number of fused-ring (bicyclic) bond motifs is 1. The third-order valence-corrected chi connectivity index (χ3v) is 3.02. The average molecular weight is 216 g/mol. The van der Waals surface area contributed by atoms with E-state index in [1.807, 2.05) is 6.07 Å². The molecule has 0 atom stereocenters. The predicted molar refractivity (Wildman–Crippen MR) is 59.9 cm³/mol. The van der Waals surface area contributed by atoms with Crippen LogP contribution >= 0.6 is 0 Å². The zero-order chi connectivity index (χ0) is 11.0. The molecule has 1 fully saturated rings. The molecule has 0 spiro atoms. The Bertz CT molecular complexity index is 530. The first kappa shape index (κ1) is 9.33. The number of anilines is 1. The van der Waals surface area contributed by atoms with Crippen molar-refractivity contribution in [2.24, 2.45) is 5.92 Å². The molecule has 0 radical (unpaired) electrons. The number of carbonyl (C=O) groups excluding carboxylic acids is 1. The molecule has 2 aromatic rings. The molecule has 5 nitrogen and oxygen atoms in total. The van der Waals surface area contributed by atoms with Crippen molar-refractivity contribution < 1.29 is 4.79 Å². The Kier molecular flexibility index (Phi) is 2.09. The number of amides is 1. The number of nitrogens with one attached hydrogen (secondary N) is 2. The zero-order valence-corrected chi connectivity index (χ0v) is 8.73. The van der Waals surface area contributed by atoms with Gasteiger partial charge in [-0.15, -0.1) is 0 Å². The number of aromatic amines is 1. The molecule has 2 aromatic heterocycles. The summed E-state index contributed by atoms with van der Waals surface area (Å²) in [6.07, 6.45) is 6.40. The highest BCUT2D eigenvalue weighted by Gasteiger charge is 2.25. The van der Waals surface area contributed by atoms with Gasteiger partial charge >= 0.3 is 0 Å². The molecule has 0 saturated heterocycles. The lowest BCUT2D eigenvalue weighted by atomic mass is 9.85. The summed E-state index contributed by atoms with van der Waals surface area (Å²) in [5.41, 5.74) is 2.24. The second-order valence-corrected chi connectivity index (χ2v) is 4.11. The number of H-pyrrole nitrogens is 1. The fraction of sp³-hybridized carbons (Fsp3) is 0.364. The summed E-state index contributed by atoms with van der Waals surface area (Å²) >= 11 is 0. The minimum absolute atomic E-state index is 0.104. The van der Waals surface area contributed by atoms with Crippen LogP contribution in [0.5, 0.6) is 0 Å². The van der Waals surface area contributed by atoms with Crippen LogP contribution < -0.4 is 5.32 Å². The van der Waals surface area contributed by atoms with E-state index in [4.69, 9.17) is 0 Å². The minimum atomic E-state index is 0.104. The molecule has 1 amide bonds. The van der Waals surface area contributed by atoms with Crippen LogP contribution in [0.3, 0.4) is 0 Å². The summed E-state index contributed by atoms with van der Waals surface area (Å²) in [6.45, 7) is 0. The number of rotatable bonds is 2. The topological polar surface area (TPSA) is 70.7 Å². The molecular formula is C11H12N4O. The van der Waals surface area contributed by atoms with Crippen LogP contribution in [0.15, 0.2) is 18.6 Å². The second kappa shape index (κ2) is 3.59. The smallest absolute Gasteiger partial charge is 0.227 e. The van der Waals surface area contributed by atoms with Crippen LogP contribution in [0.4, 0.5) is 5.69 Å². The molecule has 0 aromatic carbocycles. The van der Waals surface area contributed by atoms with E-state index in [-0.39, 0.29) is 11.8 Å². The maximum absolute atomic E-state index is 11.7. The van der Waals surface area contributed by atoms with Gasteiger partial charge < -0.3 is 10.3 Å². The van der Waals surface area contributed by atoms with Gasteiger partial charge in [-0.05, 0) is 18.9 Å². The van der Waals surface area contributed by atoms with Crippen molar-refractivity contribution in [1.82, 2.24) is 15.0 Å². The number of nitrogens with zero attached hydrogens (tertiary/aromatic N) is 2. The zero-order valence-electron chi connectivity index (χ0n) is 8.73. The van der Waals surface area contributed by atoms with E-state index < -0.39 is 0 Å². The van der Waals surface area contributed by atoms with E-state index >= 15 is 0 Å². The molecule has 2 heterocycles. The van der Waals surface area contributed by atoms with E-state index in [1.54, 1.807) is 12.5 Å². The maximum Gasteiger partial charge on any atom is 0.227 e. The number of carbonyl (C=O) groups is 1. The molecule has 0 bridgehead atoms. The van der Waals surface area contributed by atoms with Gasteiger partial charge in [0.2, 0.25) is 5.91 Å². The van der Waals surface area contributed by atoms with Gasteiger partial charge in [0.05, 0.1) is 23.7 Å². The highest BCUT2D eigenvalue weighted by atomic mass is 16.1. The van der Waals surface area contributed by atoms with Crippen LogP contribution in [0.25, 0.3) is 11.2 Å². The standard InChI is InChI=1S/C11H12N4O/c16-11(7-2-1-3-7)15-8-4-9-10(12-5-8)14-6-13-9/h4-7H,1-3H2,(H,15,16)(H,12,13,14). The number of pyridine rings is 1. The number of aromatic nitrogens is 3. The summed E-state index contributed by atoms with van der Waals surface area (Å²) in [5.74, 6) is 0.296. The van der Waals surface area contributed by atoms with Crippen LogP contribution in [0.2, 0.25) is 0 Å². The van der Waals surface area contributed by atoms with Crippen molar-refractivity contribution in [3.63, 3.8) is 0 Å². The van der Waals surface area contributed by atoms with E-state index in [0.29, 0.717) is 5.65 Å². The van der Waals surface area contributed by atoms with Crippen molar-refractivity contribution in [1.29, 1.82) is 0 Å². The molecule has 82 valence electrons. The Morgan fingerprint density at radius 1 is 1.44 bits per heavy atom. The lowest BCUT2D eigenvalue weighted by molar-refractivity contribution is -0.122. The third kappa shape index (κ3) is 1.54. The van der Waals surface area contributed by atoms with Crippen molar-refractivity contribution >= 4 is 22.8 Å². The molecule has 2 N–H and O–H groups in total. The van der Waals surface area contributed by atoms with Crippen LogP contribution in [-0.2, 0) is 4.79 Å². The van der Waals surface area contributed by atoms with E-state index in [1.165, 1.54) is 0 Å². The fourth-order valence-electron chi connectivity index (χ4n) is 1.81. The predicted octanol–water partition coefficient (Wildman–Crippen LogP) is 1.70. The summed E-state index contributed by atoms with van der Waals surface area (Å²) in [7, 11) is 0. The molecule has 0 unspecified atom stereocenters. The van der Waals surface area contributed by atoms with Crippen LogP contribution in [0, 0.1) is 5.92 Å². The highest BCUT2D eigenvalue weighted by molar-refractivity contribution is 5.94. The minimum Gasteiger partial charge on any atom is -0.343 e. The van der Waals surface area contributed by atoms with E-state index in [0.717, 1.165) is 30.5 Å². The number of hydrogen-bond donors (Lipinski definition) is 2. The number of hydrogen-bond acceptors (Lipinski definition) is 3. The van der Waals surface area contributed by atoms with Crippen molar-refractivity contribution in [2.45, 2.75) is 19.3 Å². The summed E-state index contributed by atoms with van der Waals surface area (Å²) in [5, 5.41) is 2.88. The average Bonchev–Trinajstić information content (AvgIpc) is 2.61. The Morgan fingerprint density at radius 3 is 3.06 bits per heavy atom. The van der Waals surface area contributed by atoms with Gasteiger partial charge in [-0.25, -0.2) is 9.97 Å². The molecule has 3 rings (SSSR count). The number of imidazole rings is 1. The molecular weight excluding hydrogens is 204 g/mol. The van der Waals surface area contributed by atoms with Gasteiger partial charge in [-0.1, -0.05) is 6.42 Å². The quantitative estimate of drug-likeness (QED) is 0.802. The van der Waals surface area contributed by atoms with Crippen LogP contribution in [-0.4, -0.2) is 20.9 Å². The first-order valence-electron chi connectivity index (χ1n) is 5.43. The summed E-state index contributed by atoms with van der Waals surface area (Å²) < 4.78 is 0. The fourth-order valence-corrected chi connectivity index (χ4v) is 1.81. The largest absolute Gasteiger partial charge is 0.343 e. The molecule has 16 heavy (non-hydrogen) atoms. The van der Waals surface area contributed by atoms with Crippen molar-refractivity contribution in [3.05, 3.63) is 18.6 Å². The van der Waals surface area contributed by atoms with E-state index in [9.17, 15) is 4.79 Å². The molecule has 1 saturated carbocycles. The van der Waals surface area contributed by atoms with Crippen LogP contribution in [0.1, 0.15) is 19.3 Å². The van der Waals surface area contributed by atoms with Crippen molar-refractivity contribution in [2.75, 3.05) is 5.32 Å². The molecule has 0 aliphatic heterocycles. The van der Waals surface area contributed by atoms with E-state index in [2.05, 4.69) is 20.3 Å². The Morgan fingerprint density at radius 2 is 2.31 bits per heavy atom. The Balaban J connectivity index is 1.80. The van der Waals surface area contributed by atoms with Gasteiger partial charge in [0, 0.05) is 5.92 Å². The molecule has 5 heteroatoms. The summed E-state index contributed by atoms with van der Waals surface area (Å²) in [6, 6.07) is 1.85. The Hall–Kier alpha value is -1.91. The third-order valence-electron chi connectivity index (χ3n) is 3.02. The normalized spacial score (nSPS) is 16.0. The van der Waals surface area contributed by atoms with Gasteiger partial charge in [0.1, 0.15) is 0 Å². The van der Waals surface area contributed by atoms with Crippen molar-refractivity contribution in [3.8, 4) is 0 Å². The molecule has 1 aliphatic rings. The highest BCUT2D eigenvalue weighted by Crippen LogP contribution is 2.27. The molecule has 1 aliphatic carbocycles. The first-order valence-corrected chi connectivity index (χ1v) is 5.43. The van der Waals surface area contributed by atoms with Gasteiger partial charge in [-0.3, -0.25) is 4.79 Å². The lowest BCUT2D eigenvalue weighted by Gasteiger charge is -2.23. The summed E-state index contributed by atoms with van der Waals surface area (Å²) in [4.78, 5) is 22.8. The maximum atomic E-state index is 11.7.